The van der Waals surface area contributed by atoms with Crippen LogP contribution in [0.3, 0.4) is 0 Å². The molecule has 0 aromatic heterocycles. The highest BCUT2D eigenvalue weighted by Crippen LogP contribution is 2.22. The summed E-state index contributed by atoms with van der Waals surface area (Å²) in [6, 6.07) is 10.0. The number of hydrogen-bond acceptors (Lipinski definition) is 2. The van der Waals surface area contributed by atoms with Gasteiger partial charge in [-0.15, -0.1) is 12.3 Å². The van der Waals surface area contributed by atoms with Crippen LogP contribution in [0.25, 0.3) is 0 Å². The molecular weight excluding hydrogens is 284 g/mol. The van der Waals surface area contributed by atoms with Crippen LogP contribution >= 0.6 is 0 Å². The van der Waals surface area contributed by atoms with Crippen LogP contribution in [0.2, 0.25) is 0 Å². The average Bonchev–Trinajstić information content (AvgIpc) is 2.61. The molecule has 0 saturated carbocycles. The van der Waals surface area contributed by atoms with Crippen molar-refractivity contribution in [2.24, 2.45) is 0 Å². The van der Waals surface area contributed by atoms with Crippen molar-refractivity contribution >= 4 is 6.29 Å². The predicted molar refractivity (Wildman–Crippen MR) is 92.4 cm³/mol. The first-order valence-electron chi connectivity index (χ1n) is 8.08. The first kappa shape index (κ1) is 17.1. The Balaban J connectivity index is 1.92. The highest BCUT2D eigenvalue weighted by Gasteiger charge is 2.10. The Kier molecular flexibility index (Phi) is 7.18. The van der Waals surface area contributed by atoms with Crippen LogP contribution in [0, 0.1) is 24.2 Å². The van der Waals surface area contributed by atoms with Gasteiger partial charge in [0, 0.05) is 24.0 Å². The van der Waals surface area contributed by atoms with E-state index in [-0.39, 0.29) is 6.10 Å². The molecular formula is C21H22O2. The van der Waals surface area contributed by atoms with Gasteiger partial charge in [-0.2, -0.15) is 0 Å². The molecule has 0 saturated heterocycles. The highest BCUT2D eigenvalue weighted by atomic mass is 16.5. The van der Waals surface area contributed by atoms with E-state index in [4.69, 9.17) is 11.2 Å². The van der Waals surface area contributed by atoms with Crippen LogP contribution in [-0.4, -0.2) is 12.4 Å². The molecule has 2 heteroatoms. The van der Waals surface area contributed by atoms with E-state index in [1.165, 1.54) is 0 Å². The molecule has 1 aliphatic rings. The predicted octanol–water partition coefficient (Wildman–Crippen LogP) is 4.06. The van der Waals surface area contributed by atoms with Crippen LogP contribution in [0.5, 0.6) is 0 Å². The highest BCUT2D eigenvalue weighted by molar-refractivity contribution is 5.76. The Hall–Kier alpha value is -2.29. The molecule has 2 nitrogen and oxygen atoms in total. The van der Waals surface area contributed by atoms with Crippen molar-refractivity contribution in [1.29, 1.82) is 0 Å². The molecule has 0 bridgehead atoms. The molecule has 118 valence electrons. The third-order valence-electron chi connectivity index (χ3n) is 3.90. The zero-order valence-electron chi connectivity index (χ0n) is 13.4. The molecule has 0 amide bonds. The number of terminal acetylenes is 1. The smallest absolute Gasteiger partial charge is 0.146 e. The van der Waals surface area contributed by atoms with Crippen molar-refractivity contribution < 1.29 is 9.53 Å². The minimum Gasteiger partial charge on any atom is -0.372 e. The van der Waals surface area contributed by atoms with Gasteiger partial charge < -0.3 is 4.74 Å². The minimum absolute atomic E-state index is 0.0726. The van der Waals surface area contributed by atoms with E-state index >= 15 is 0 Å². The molecule has 1 atom stereocenters. The number of rotatable bonds is 6. The second-order valence-corrected chi connectivity index (χ2v) is 5.66. The van der Waals surface area contributed by atoms with Gasteiger partial charge in [-0.05, 0) is 31.2 Å². The molecule has 0 radical (unpaired) electrons. The summed E-state index contributed by atoms with van der Waals surface area (Å²) in [5.74, 6) is 8.96. The Morgan fingerprint density at radius 3 is 2.70 bits per heavy atom. The largest absolute Gasteiger partial charge is 0.372 e. The summed E-state index contributed by atoms with van der Waals surface area (Å²) in [6.07, 6.45) is 11.4. The third-order valence-corrected chi connectivity index (χ3v) is 3.90. The quantitative estimate of drug-likeness (QED) is 0.585. The molecule has 0 fully saturated rings. The maximum Gasteiger partial charge on any atom is 0.146 e. The molecule has 1 aliphatic carbocycles. The van der Waals surface area contributed by atoms with Crippen molar-refractivity contribution in [3.63, 3.8) is 0 Å². The fraction of sp³-hybridized carbons (Fsp3) is 0.381. The lowest BCUT2D eigenvalue weighted by Crippen LogP contribution is -2.11. The van der Waals surface area contributed by atoms with Gasteiger partial charge in [0.2, 0.25) is 0 Å². The van der Waals surface area contributed by atoms with Gasteiger partial charge in [-0.1, -0.05) is 42.2 Å². The monoisotopic (exact) mass is 306 g/mol. The Morgan fingerprint density at radius 2 is 1.96 bits per heavy atom. The Bertz CT molecular complexity index is 638. The van der Waals surface area contributed by atoms with Gasteiger partial charge in [-0.25, -0.2) is 0 Å². The van der Waals surface area contributed by atoms with E-state index in [2.05, 4.69) is 17.8 Å². The van der Waals surface area contributed by atoms with E-state index in [1.54, 1.807) is 0 Å². The SMILES string of the molecule is C#CC[C@@H](CC#CC1=C(C=O)CCCC1)OCc1ccccc1. The molecule has 0 aliphatic heterocycles. The third kappa shape index (κ3) is 5.78. The fourth-order valence-electron chi connectivity index (χ4n) is 2.58. The summed E-state index contributed by atoms with van der Waals surface area (Å²) in [6.45, 7) is 0.539. The van der Waals surface area contributed by atoms with Crippen LogP contribution in [0.4, 0.5) is 0 Å². The number of aldehydes is 1. The van der Waals surface area contributed by atoms with Gasteiger partial charge in [0.15, 0.2) is 0 Å². The zero-order valence-corrected chi connectivity index (χ0v) is 13.4. The summed E-state index contributed by atoms with van der Waals surface area (Å²) in [4.78, 5) is 11.1. The number of allylic oxidation sites excluding steroid dienone is 2. The Labute approximate surface area is 138 Å². The van der Waals surface area contributed by atoms with E-state index in [0.717, 1.165) is 48.7 Å². The fourth-order valence-corrected chi connectivity index (χ4v) is 2.58. The van der Waals surface area contributed by atoms with E-state index in [0.29, 0.717) is 19.4 Å². The van der Waals surface area contributed by atoms with Crippen molar-refractivity contribution in [1.82, 2.24) is 0 Å². The molecule has 1 aromatic carbocycles. The van der Waals surface area contributed by atoms with Crippen molar-refractivity contribution in [2.75, 3.05) is 0 Å². The lowest BCUT2D eigenvalue weighted by atomic mass is 9.93. The lowest BCUT2D eigenvalue weighted by Gasteiger charge is -2.13. The lowest BCUT2D eigenvalue weighted by molar-refractivity contribution is -0.105. The number of carbonyl (C=O) groups excluding carboxylic acids is 1. The summed E-state index contributed by atoms with van der Waals surface area (Å²) in [5, 5.41) is 0. The standard InChI is InChI=1S/C21H22O2/c1-2-9-21(23-17-18-10-4-3-5-11-18)15-8-14-19-12-6-7-13-20(19)16-22/h1,3-5,10-11,16,21H,6-7,9,12-13,15,17H2/t21-/m0/s1. The second-order valence-electron chi connectivity index (χ2n) is 5.66. The topological polar surface area (TPSA) is 26.3 Å². The summed E-state index contributed by atoms with van der Waals surface area (Å²) < 4.78 is 5.88. The van der Waals surface area contributed by atoms with Crippen molar-refractivity contribution in [3.8, 4) is 24.2 Å². The molecule has 0 spiro atoms. The first-order valence-corrected chi connectivity index (χ1v) is 8.08. The summed E-state index contributed by atoms with van der Waals surface area (Å²) >= 11 is 0. The van der Waals surface area contributed by atoms with Gasteiger partial charge in [0.1, 0.15) is 6.29 Å². The van der Waals surface area contributed by atoms with E-state index in [9.17, 15) is 4.79 Å². The maximum atomic E-state index is 11.1. The second kappa shape index (κ2) is 9.67. The van der Waals surface area contributed by atoms with Crippen LogP contribution in [-0.2, 0) is 16.1 Å². The van der Waals surface area contributed by atoms with Gasteiger partial charge in [0.05, 0.1) is 12.7 Å². The average molecular weight is 306 g/mol. The first-order chi connectivity index (χ1) is 11.3. The molecule has 23 heavy (non-hydrogen) atoms. The number of carbonyl (C=O) groups is 1. The molecule has 2 rings (SSSR count). The number of benzene rings is 1. The number of ether oxygens (including phenoxy) is 1. The van der Waals surface area contributed by atoms with Crippen LogP contribution in [0.1, 0.15) is 44.1 Å². The normalized spacial score (nSPS) is 15.3. The minimum atomic E-state index is -0.0726. The van der Waals surface area contributed by atoms with Crippen LogP contribution < -0.4 is 0 Å². The van der Waals surface area contributed by atoms with Gasteiger partial charge >= 0.3 is 0 Å². The van der Waals surface area contributed by atoms with Crippen molar-refractivity contribution in [3.05, 3.63) is 47.0 Å². The van der Waals surface area contributed by atoms with Crippen molar-refractivity contribution in [2.45, 2.75) is 51.2 Å². The van der Waals surface area contributed by atoms with E-state index < -0.39 is 0 Å². The molecule has 0 unspecified atom stereocenters. The molecule has 1 aromatic rings. The van der Waals surface area contributed by atoms with Gasteiger partial charge in [0.25, 0.3) is 0 Å². The number of hydrogen-bond donors (Lipinski definition) is 0. The van der Waals surface area contributed by atoms with Gasteiger partial charge in [-0.3, -0.25) is 4.79 Å². The maximum absolute atomic E-state index is 11.1. The van der Waals surface area contributed by atoms with E-state index in [1.807, 2.05) is 30.3 Å². The summed E-state index contributed by atoms with van der Waals surface area (Å²) in [5.41, 5.74) is 2.98. The molecule has 0 heterocycles. The molecule has 0 N–H and O–H groups in total. The Morgan fingerprint density at radius 1 is 1.17 bits per heavy atom. The van der Waals surface area contributed by atoms with Crippen LogP contribution in [0.15, 0.2) is 41.5 Å². The zero-order chi connectivity index (χ0) is 16.3. The summed E-state index contributed by atoms with van der Waals surface area (Å²) in [7, 11) is 0.